The smallest absolute Gasteiger partial charge is 0.339 e. The van der Waals surface area contributed by atoms with Gasteiger partial charge in [0.05, 0.1) is 16.2 Å². The number of amides is 1. The topological polar surface area (TPSA) is 89.5 Å². The molecule has 7 heteroatoms. The lowest BCUT2D eigenvalue weighted by Gasteiger charge is -2.11. The normalized spacial score (nSPS) is 11.0. The van der Waals surface area contributed by atoms with E-state index in [2.05, 4.69) is 5.32 Å². The first kappa shape index (κ1) is 19.7. The Kier molecular flexibility index (Phi) is 6.15. The Bertz CT molecular complexity index is 935. The van der Waals surface area contributed by atoms with Crippen molar-refractivity contribution in [1.82, 2.24) is 0 Å². The summed E-state index contributed by atoms with van der Waals surface area (Å²) in [5.41, 5.74) is 2.44. The molecule has 2 rings (SSSR count). The molecule has 0 unspecified atom stereocenters. The number of hydrogen-bond donors (Lipinski definition) is 1. The molecule has 1 N–H and O–H groups in total. The highest BCUT2D eigenvalue weighted by Gasteiger charge is 2.22. The zero-order valence-electron chi connectivity index (χ0n) is 14.9. The van der Waals surface area contributed by atoms with Gasteiger partial charge in [-0.3, -0.25) is 4.79 Å². The van der Waals surface area contributed by atoms with Crippen molar-refractivity contribution in [1.29, 1.82) is 0 Å². The van der Waals surface area contributed by atoms with Gasteiger partial charge in [0, 0.05) is 5.69 Å². The van der Waals surface area contributed by atoms with Gasteiger partial charge in [-0.05, 0) is 43.2 Å². The van der Waals surface area contributed by atoms with E-state index in [0.29, 0.717) is 5.69 Å². The fourth-order valence-electron chi connectivity index (χ4n) is 2.33. The van der Waals surface area contributed by atoms with E-state index >= 15 is 0 Å². The third kappa shape index (κ3) is 4.70. The van der Waals surface area contributed by atoms with Gasteiger partial charge in [0.2, 0.25) is 0 Å². The Hall–Kier alpha value is -2.67. The SMILES string of the molecule is CCS(=O)(=O)c1ccccc1C(=O)OCC(=O)Nc1cc(C)ccc1C. The molecule has 0 heterocycles. The van der Waals surface area contributed by atoms with Crippen LogP contribution in [0.4, 0.5) is 5.69 Å². The predicted octanol–water partition coefficient (Wildman–Crippen LogP) is 2.89. The molecule has 0 atom stereocenters. The molecule has 2 aromatic rings. The summed E-state index contributed by atoms with van der Waals surface area (Å²) in [4.78, 5) is 24.2. The van der Waals surface area contributed by atoms with Gasteiger partial charge < -0.3 is 10.1 Å². The average Bonchev–Trinajstić information content (AvgIpc) is 2.62. The molecule has 1 amide bonds. The first-order valence-corrected chi connectivity index (χ1v) is 9.76. The van der Waals surface area contributed by atoms with Crippen LogP contribution < -0.4 is 5.32 Å². The number of rotatable bonds is 6. The third-order valence-electron chi connectivity index (χ3n) is 3.82. The van der Waals surface area contributed by atoms with Crippen LogP contribution in [0.5, 0.6) is 0 Å². The fraction of sp³-hybridized carbons (Fsp3) is 0.263. The minimum atomic E-state index is -3.57. The molecule has 0 radical (unpaired) electrons. The third-order valence-corrected chi connectivity index (χ3v) is 5.61. The molecule has 2 aromatic carbocycles. The van der Waals surface area contributed by atoms with E-state index in [-0.39, 0.29) is 16.2 Å². The van der Waals surface area contributed by atoms with Gasteiger partial charge in [-0.1, -0.05) is 31.2 Å². The lowest BCUT2D eigenvalue weighted by atomic mass is 10.1. The number of anilines is 1. The molecular formula is C19H21NO5S. The van der Waals surface area contributed by atoms with Crippen molar-refractivity contribution in [2.45, 2.75) is 25.7 Å². The highest BCUT2D eigenvalue weighted by atomic mass is 32.2. The summed E-state index contributed by atoms with van der Waals surface area (Å²) in [6.45, 7) is 4.74. The van der Waals surface area contributed by atoms with Crippen LogP contribution in [-0.2, 0) is 19.4 Å². The van der Waals surface area contributed by atoms with E-state index in [1.807, 2.05) is 32.0 Å². The Balaban J connectivity index is 2.08. The number of ether oxygens (including phenoxy) is 1. The number of benzene rings is 2. The molecule has 6 nitrogen and oxygen atoms in total. The van der Waals surface area contributed by atoms with Crippen LogP contribution in [0.15, 0.2) is 47.4 Å². The van der Waals surface area contributed by atoms with Crippen LogP contribution in [0, 0.1) is 13.8 Å². The molecule has 0 fully saturated rings. The highest BCUT2D eigenvalue weighted by Crippen LogP contribution is 2.19. The Morgan fingerprint density at radius 1 is 1.08 bits per heavy atom. The molecule has 0 aromatic heterocycles. The molecule has 26 heavy (non-hydrogen) atoms. The number of carbonyl (C=O) groups is 2. The average molecular weight is 375 g/mol. The molecular weight excluding hydrogens is 354 g/mol. The summed E-state index contributed by atoms with van der Waals surface area (Å²) in [5, 5.41) is 2.68. The maximum atomic E-state index is 12.2. The Labute approximate surface area is 153 Å². The minimum Gasteiger partial charge on any atom is -0.452 e. The van der Waals surface area contributed by atoms with E-state index < -0.39 is 28.3 Å². The van der Waals surface area contributed by atoms with Gasteiger partial charge in [-0.2, -0.15) is 0 Å². The van der Waals surface area contributed by atoms with Crippen molar-refractivity contribution in [3.8, 4) is 0 Å². The van der Waals surface area contributed by atoms with Crippen molar-refractivity contribution in [2.75, 3.05) is 17.7 Å². The van der Waals surface area contributed by atoms with Crippen LogP contribution in [-0.4, -0.2) is 32.7 Å². The largest absolute Gasteiger partial charge is 0.452 e. The highest BCUT2D eigenvalue weighted by molar-refractivity contribution is 7.91. The summed E-state index contributed by atoms with van der Waals surface area (Å²) >= 11 is 0. The number of carbonyl (C=O) groups excluding carboxylic acids is 2. The Morgan fingerprint density at radius 3 is 2.46 bits per heavy atom. The lowest BCUT2D eigenvalue weighted by molar-refractivity contribution is -0.119. The summed E-state index contributed by atoms with van der Waals surface area (Å²) < 4.78 is 29.2. The molecule has 0 spiro atoms. The summed E-state index contributed by atoms with van der Waals surface area (Å²) in [5.74, 6) is -1.48. The van der Waals surface area contributed by atoms with Crippen molar-refractivity contribution >= 4 is 27.4 Å². The van der Waals surface area contributed by atoms with E-state index in [0.717, 1.165) is 11.1 Å². The zero-order chi connectivity index (χ0) is 19.3. The standard InChI is InChI=1S/C19H21NO5S/c1-4-26(23,24)17-8-6-5-7-15(17)19(22)25-12-18(21)20-16-11-13(2)9-10-14(16)3/h5-11H,4,12H2,1-3H3,(H,20,21). The zero-order valence-corrected chi connectivity index (χ0v) is 15.7. The second-order valence-electron chi connectivity index (χ2n) is 5.84. The number of hydrogen-bond acceptors (Lipinski definition) is 5. The Morgan fingerprint density at radius 2 is 1.77 bits per heavy atom. The maximum absolute atomic E-state index is 12.2. The van der Waals surface area contributed by atoms with Crippen LogP contribution >= 0.6 is 0 Å². The van der Waals surface area contributed by atoms with Gasteiger partial charge in [-0.15, -0.1) is 0 Å². The predicted molar refractivity (Wildman–Crippen MR) is 99.0 cm³/mol. The molecule has 0 aliphatic carbocycles. The number of nitrogens with one attached hydrogen (secondary N) is 1. The molecule has 0 aliphatic rings. The van der Waals surface area contributed by atoms with Gasteiger partial charge in [0.1, 0.15) is 0 Å². The molecule has 0 saturated heterocycles. The van der Waals surface area contributed by atoms with Crippen LogP contribution in [0.3, 0.4) is 0 Å². The second-order valence-corrected chi connectivity index (χ2v) is 8.09. The van der Waals surface area contributed by atoms with Crippen molar-refractivity contribution < 1.29 is 22.7 Å². The van der Waals surface area contributed by atoms with E-state index in [1.165, 1.54) is 25.1 Å². The van der Waals surface area contributed by atoms with Crippen LogP contribution in [0.1, 0.15) is 28.4 Å². The van der Waals surface area contributed by atoms with Gasteiger partial charge >= 0.3 is 5.97 Å². The molecule has 138 valence electrons. The van der Waals surface area contributed by atoms with Crippen molar-refractivity contribution in [2.24, 2.45) is 0 Å². The summed E-state index contributed by atoms with van der Waals surface area (Å²) in [6.07, 6.45) is 0. The monoisotopic (exact) mass is 375 g/mol. The number of aryl methyl sites for hydroxylation is 2. The quantitative estimate of drug-likeness (QED) is 0.784. The summed E-state index contributed by atoms with van der Waals surface area (Å²) in [7, 11) is -3.57. The molecule has 0 bridgehead atoms. The fourth-order valence-corrected chi connectivity index (χ4v) is 3.41. The first-order valence-electron chi connectivity index (χ1n) is 8.10. The number of esters is 1. The molecule has 0 saturated carbocycles. The lowest BCUT2D eigenvalue weighted by Crippen LogP contribution is -2.22. The van der Waals surface area contributed by atoms with Crippen LogP contribution in [0.2, 0.25) is 0 Å². The van der Waals surface area contributed by atoms with Gasteiger partial charge in [0.15, 0.2) is 16.4 Å². The van der Waals surface area contributed by atoms with E-state index in [1.54, 1.807) is 6.07 Å². The van der Waals surface area contributed by atoms with E-state index in [9.17, 15) is 18.0 Å². The van der Waals surface area contributed by atoms with Gasteiger partial charge in [0.25, 0.3) is 5.91 Å². The first-order chi connectivity index (χ1) is 12.2. The van der Waals surface area contributed by atoms with Gasteiger partial charge in [-0.25, -0.2) is 13.2 Å². The summed E-state index contributed by atoms with van der Waals surface area (Å²) in [6, 6.07) is 11.4. The maximum Gasteiger partial charge on any atom is 0.339 e. The van der Waals surface area contributed by atoms with Crippen molar-refractivity contribution in [3.63, 3.8) is 0 Å². The van der Waals surface area contributed by atoms with Crippen LogP contribution in [0.25, 0.3) is 0 Å². The van der Waals surface area contributed by atoms with E-state index in [4.69, 9.17) is 4.74 Å². The minimum absolute atomic E-state index is 0.0751. The number of sulfone groups is 1. The van der Waals surface area contributed by atoms with Crippen molar-refractivity contribution in [3.05, 3.63) is 59.2 Å². The molecule has 0 aliphatic heterocycles. The second kappa shape index (κ2) is 8.14.